The number of carbonyl (C=O) groups excluding carboxylic acids is 1. The Labute approximate surface area is 191 Å². The number of aromatic nitrogens is 3. The van der Waals surface area contributed by atoms with Crippen LogP contribution in [0.5, 0.6) is 0 Å². The van der Waals surface area contributed by atoms with Crippen molar-refractivity contribution in [2.24, 2.45) is 0 Å². The maximum atomic E-state index is 12.7. The van der Waals surface area contributed by atoms with Gasteiger partial charge in [0.2, 0.25) is 17.6 Å². The summed E-state index contributed by atoms with van der Waals surface area (Å²) in [6.45, 7) is 5.14. The van der Waals surface area contributed by atoms with Gasteiger partial charge in [0.15, 0.2) is 0 Å². The number of amides is 1. The van der Waals surface area contributed by atoms with Gasteiger partial charge >= 0.3 is 0 Å². The van der Waals surface area contributed by atoms with E-state index in [1.807, 2.05) is 34.5 Å². The van der Waals surface area contributed by atoms with E-state index in [9.17, 15) is 4.79 Å². The van der Waals surface area contributed by atoms with Crippen LogP contribution >= 0.6 is 11.3 Å². The van der Waals surface area contributed by atoms with Crippen LogP contribution in [0.2, 0.25) is 0 Å². The van der Waals surface area contributed by atoms with Crippen molar-refractivity contribution in [3.8, 4) is 10.7 Å². The van der Waals surface area contributed by atoms with E-state index >= 15 is 0 Å². The zero-order valence-electron chi connectivity index (χ0n) is 18.0. The molecular formula is C24H27N5O2S. The molecule has 1 aromatic carbocycles. The molecule has 1 aliphatic rings. The van der Waals surface area contributed by atoms with E-state index in [1.54, 1.807) is 11.3 Å². The first-order chi connectivity index (χ1) is 15.8. The number of hydrogen-bond donors (Lipinski definition) is 0. The molecule has 1 aliphatic heterocycles. The summed E-state index contributed by atoms with van der Waals surface area (Å²) >= 11 is 1.61. The highest BCUT2D eigenvalue weighted by molar-refractivity contribution is 7.13. The standard InChI is InChI=1S/C24H27N5O2S/c30-23(10-13-28-12-9-19-5-1-2-6-20(19)28)29-16-14-27(15-17-29)11-3-8-22-25-24(26-31-22)21-7-4-18-32-21/h1-2,4-7,9,12,18H,3,8,10-11,13-17H2. The summed E-state index contributed by atoms with van der Waals surface area (Å²) in [5.74, 6) is 1.61. The molecular weight excluding hydrogens is 422 g/mol. The fourth-order valence-electron chi connectivity index (χ4n) is 4.25. The average molecular weight is 450 g/mol. The molecule has 3 aromatic heterocycles. The minimum atomic E-state index is 0.245. The van der Waals surface area contributed by atoms with Gasteiger partial charge in [0.1, 0.15) is 0 Å². The summed E-state index contributed by atoms with van der Waals surface area (Å²) in [6.07, 6.45) is 4.37. The molecule has 0 atom stereocenters. The van der Waals surface area contributed by atoms with Gasteiger partial charge in [-0.1, -0.05) is 29.4 Å². The van der Waals surface area contributed by atoms with E-state index in [2.05, 4.69) is 44.0 Å². The fourth-order valence-corrected chi connectivity index (χ4v) is 4.90. The van der Waals surface area contributed by atoms with Crippen LogP contribution in [0.15, 0.2) is 58.6 Å². The first-order valence-electron chi connectivity index (χ1n) is 11.2. The van der Waals surface area contributed by atoms with Crippen LogP contribution in [-0.2, 0) is 17.8 Å². The van der Waals surface area contributed by atoms with E-state index in [1.165, 1.54) is 10.9 Å². The average Bonchev–Trinajstić information content (AvgIpc) is 3.59. The Hall–Kier alpha value is -2.97. The van der Waals surface area contributed by atoms with Crippen LogP contribution in [0, 0.1) is 0 Å². The summed E-state index contributed by atoms with van der Waals surface area (Å²) in [4.78, 5) is 22.6. The lowest BCUT2D eigenvalue weighted by molar-refractivity contribution is -0.133. The summed E-state index contributed by atoms with van der Waals surface area (Å²) in [6, 6.07) is 14.4. The predicted octanol–water partition coefficient (Wildman–Crippen LogP) is 3.92. The Bertz CT molecular complexity index is 1160. The van der Waals surface area contributed by atoms with E-state index in [-0.39, 0.29) is 5.91 Å². The highest BCUT2D eigenvalue weighted by atomic mass is 32.1. The number of nitrogens with zero attached hydrogens (tertiary/aromatic N) is 5. The van der Waals surface area contributed by atoms with Gasteiger partial charge in [0.25, 0.3) is 0 Å². The Morgan fingerprint density at radius 3 is 2.75 bits per heavy atom. The number of carbonyl (C=O) groups is 1. The zero-order chi connectivity index (χ0) is 21.8. The Morgan fingerprint density at radius 2 is 1.91 bits per heavy atom. The van der Waals surface area contributed by atoms with Gasteiger partial charge in [0.05, 0.1) is 4.88 Å². The summed E-state index contributed by atoms with van der Waals surface area (Å²) < 4.78 is 7.55. The molecule has 4 heterocycles. The zero-order valence-corrected chi connectivity index (χ0v) is 18.8. The molecule has 5 rings (SSSR count). The second-order valence-electron chi connectivity index (χ2n) is 8.13. The van der Waals surface area contributed by atoms with Crippen molar-refractivity contribution < 1.29 is 9.32 Å². The molecule has 8 heteroatoms. The SMILES string of the molecule is O=C(CCn1ccc2ccccc21)N1CCN(CCCc2nc(-c3cccs3)no2)CC1. The number of para-hydroxylation sites is 1. The molecule has 0 aliphatic carbocycles. The van der Waals surface area contributed by atoms with Crippen LogP contribution in [0.25, 0.3) is 21.6 Å². The third-order valence-corrected chi connectivity index (χ3v) is 6.91. The quantitative estimate of drug-likeness (QED) is 0.408. The minimum Gasteiger partial charge on any atom is -0.347 e. The third kappa shape index (κ3) is 4.76. The second-order valence-corrected chi connectivity index (χ2v) is 9.08. The highest BCUT2D eigenvalue weighted by Gasteiger charge is 2.21. The Morgan fingerprint density at radius 1 is 1.03 bits per heavy atom. The number of rotatable bonds is 8. The Kier molecular flexibility index (Phi) is 6.31. The van der Waals surface area contributed by atoms with Gasteiger partial charge in [-0.2, -0.15) is 4.98 Å². The van der Waals surface area contributed by atoms with Crippen LogP contribution in [0.4, 0.5) is 0 Å². The smallest absolute Gasteiger partial charge is 0.227 e. The lowest BCUT2D eigenvalue weighted by Crippen LogP contribution is -2.49. The van der Waals surface area contributed by atoms with Gasteiger partial charge < -0.3 is 14.0 Å². The normalized spacial score (nSPS) is 14.9. The monoisotopic (exact) mass is 449 g/mol. The lowest BCUT2D eigenvalue weighted by Gasteiger charge is -2.34. The van der Waals surface area contributed by atoms with Gasteiger partial charge in [-0.25, -0.2) is 0 Å². The fraction of sp³-hybridized carbons (Fsp3) is 0.375. The molecule has 0 bridgehead atoms. The van der Waals surface area contributed by atoms with E-state index in [0.29, 0.717) is 18.1 Å². The molecule has 4 aromatic rings. The number of thiophene rings is 1. The topological polar surface area (TPSA) is 67.4 Å². The molecule has 0 unspecified atom stereocenters. The van der Waals surface area contributed by atoms with Crippen molar-refractivity contribution in [3.63, 3.8) is 0 Å². The van der Waals surface area contributed by atoms with Crippen LogP contribution in [-0.4, -0.2) is 63.1 Å². The molecule has 0 saturated carbocycles. The van der Waals surface area contributed by atoms with Crippen LogP contribution in [0.3, 0.4) is 0 Å². The first-order valence-corrected chi connectivity index (χ1v) is 12.0. The molecule has 0 N–H and O–H groups in total. The largest absolute Gasteiger partial charge is 0.347 e. The number of fused-ring (bicyclic) bond motifs is 1. The maximum absolute atomic E-state index is 12.7. The van der Waals surface area contributed by atoms with Crippen molar-refractivity contribution in [3.05, 3.63) is 59.9 Å². The van der Waals surface area contributed by atoms with Crippen molar-refractivity contribution in [1.82, 2.24) is 24.5 Å². The summed E-state index contributed by atoms with van der Waals surface area (Å²) in [7, 11) is 0. The van der Waals surface area contributed by atoms with Gasteiger partial charge in [-0.3, -0.25) is 9.69 Å². The second kappa shape index (κ2) is 9.67. The van der Waals surface area contributed by atoms with Crippen molar-refractivity contribution >= 4 is 28.1 Å². The molecule has 32 heavy (non-hydrogen) atoms. The number of piperazine rings is 1. The first kappa shape index (κ1) is 20.9. The molecule has 7 nitrogen and oxygen atoms in total. The highest BCUT2D eigenvalue weighted by Crippen LogP contribution is 2.21. The molecule has 0 spiro atoms. The van der Waals surface area contributed by atoms with Gasteiger partial charge in [0, 0.05) is 57.3 Å². The predicted molar refractivity (Wildman–Crippen MR) is 126 cm³/mol. The number of aryl methyl sites for hydroxylation is 2. The number of hydrogen-bond acceptors (Lipinski definition) is 6. The minimum absolute atomic E-state index is 0.245. The Balaban J connectivity index is 1.03. The van der Waals surface area contributed by atoms with Gasteiger partial charge in [-0.15, -0.1) is 11.3 Å². The molecule has 166 valence electrons. The molecule has 0 radical (unpaired) electrons. The lowest BCUT2D eigenvalue weighted by atomic mass is 10.2. The van der Waals surface area contributed by atoms with Crippen molar-refractivity contribution in [2.45, 2.75) is 25.8 Å². The molecule has 1 fully saturated rings. The third-order valence-electron chi connectivity index (χ3n) is 6.05. The van der Waals surface area contributed by atoms with Crippen molar-refractivity contribution in [2.75, 3.05) is 32.7 Å². The summed E-state index contributed by atoms with van der Waals surface area (Å²) in [5.41, 5.74) is 1.19. The number of benzene rings is 1. The van der Waals surface area contributed by atoms with Crippen LogP contribution in [0.1, 0.15) is 18.7 Å². The molecule has 1 saturated heterocycles. The maximum Gasteiger partial charge on any atom is 0.227 e. The van der Waals surface area contributed by atoms with Crippen LogP contribution < -0.4 is 0 Å². The van der Waals surface area contributed by atoms with E-state index in [0.717, 1.165) is 57.0 Å². The van der Waals surface area contributed by atoms with Crippen molar-refractivity contribution in [1.29, 1.82) is 0 Å². The van der Waals surface area contributed by atoms with E-state index < -0.39 is 0 Å². The molecule has 1 amide bonds. The van der Waals surface area contributed by atoms with Gasteiger partial charge in [-0.05, 0) is 41.9 Å². The summed E-state index contributed by atoms with van der Waals surface area (Å²) in [5, 5.41) is 7.30. The van der Waals surface area contributed by atoms with E-state index in [4.69, 9.17) is 4.52 Å².